The highest BCUT2D eigenvalue weighted by molar-refractivity contribution is 5.88. The fourth-order valence-electron chi connectivity index (χ4n) is 3.08. The van der Waals surface area contributed by atoms with E-state index in [0.29, 0.717) is 24.7 Å². The summed E-state index contributed by atoms with van der Waals surface area (Å²) in [5.41, 5.74) is 0. The van der Waals surface area contributed by atoms with Crippen LogP contribution >= 0.6 is 0 Å². The number of amides is 2. The van der Waals surface area contributed by atoms with E-state index in [-0.39, 0.29) is 12.1 Å². The molecule has 1 aliphatic heterocycles. The normalized spacial score (nSPS) is 17.2. The summed E-state index contributed by atoms with van der Waals surface area (Å²) < 4.78 is 7.03. The van der Waals surface area contributed by atoms with E-state index in [9.17, 15) is 4.79 Å². The standard InChI is InChI=1S/C16H19N7O2/c1-11-18-15(21-20-11)13-5-2-8-22(13)16(24)19-14-6-7-17-23(14)10-12-4-3-9-25-12/h3-4,6-7,9,13H,2,5,8,10H2,1H3,(H,19,24)(H,18,20,21)/t13-/m1/s1. The number of rotatable bonds is 4. The predicted molar refractivity (Wildman–Crippen MR) is 88.9 cm³/mol. The van der Waals surface area contributed by atoms with Crippen LogP contribution < -0.4 is 5.32 Å². The van der Waals surface area contributed by atoms with Gasteiger partial charge in [-0.1, -0.05) is 0 Å². The average molecular weight is 341 g/mol. The van der Waals surface area contributed by atoms with Gasteiger partial charge in [0.15, 0.2) is 5.82 Å². The predicted octanol–water partition coefficient (Wildman–Crippen LogP) is 2.32. The van der Waals surface area contributed by atoms with Crippen molar-refractivity contribution in [2.24, 2.45) is 0 Å². The molecule has 130 valence electrons. The second-order valence-electron chi connectivity index (χ2n) is 6.01. The Balaban J connectivity index is 1.47. The molecule has 25 heavy (non-hydrogen) atoms. The molecule has 0 radical (unpaired) electrons. The average Bonchev–Trinajstić information content (AvgIpc) is 3.35. The van der Waals surface area contributed by atoms with E-state index in [0.717, 1.165) is 24.4 Å². The van der Waals surface area contributed by atoms with Crippen LogP contribution in [0.1, 0.15) is 36.3 Å². The molecule has 0 saturated carbocycles. The molecular formula is C16H19N7O2. The van der Waals surface area contributed by atoms with Crippen LogP contribution in [-0.2, 0) is 6.54 Å². The molecular weight excluding hydrogens is 322 g/mol. The molecule has 0 spiro atoms. The van der Waals surface area contributed by atoms with Gasteiger partial charge in [-0.15, -0.1) is 0 Å². The van der Waals surface area contributed by atoms with E-state index >= 15 is 0 Å². The quantitative estimate of drug-likeness (QED) is 0.758. The number of H-pyrrole nitrogens is 1. The summed E-state index contributed by atoms with van der Waals surface area (Å²) in [5, 5.41) is 14.2. The van der Waals surface area contributed by atoms with Crippen molar-refractivity contribution in [1.29, 1.82) is 0 Å². The third-order valence-corrected chi connectivity index (χ3v) is 4.26. The van der Waals surface area contributed by atoms with Crippen molar-refractivity contribution < 1.29 is 9.21 Å². The zero-order valence-corrected chi connectivity index (χ0v) is 13.8. The molecule has 0 aliphatic carbocycles. The van der Waals surface area contributed by atoms with Crippen LogP contribution in [0.2, 0.25) is 0 Å². The number of hydrogen-bond acceptors (Lipinski definition) is 5. The number of hydrogen-bond donors (Lipinski definition) is 2. The molecule has 1 fully saturated rings. The number of aromatic amines is 1. The summed E-state index contributed by atoms with van der Waals surface area (Å²) >= 11 is 0. The van der Waals surface area contributed by atoms with E-state index in [4.69, 9.17) is 4.42 Å². The number of nitrogens with zero attached hydrogens (tertiary/aromatic N) is 5. The van der Waals surface area contributed by atoms with Gasteiger partial charge >= 0.3 is 6.03 Å². The van der Waals surface area contributed by atoms with E-state index in [1.165, 1.54) is 0 Å². The number of carbonyl (C=O) groups is 1. The Labute approximate surface area is 144 Å². The molecule has 3 aromatic heterocycles. The topological polar surface area (TPSA) is 105 Å². The van der Waals surface area contributed by atoms with Crippen molar-refractivity contribution in [3.05, 3.63) is 48.1 Å². The molecule has 2 N–H and O–H groups in total. The Morgan fingerprint density at radius 1 is 1.48 bits per heavy atom. The van der Waals surface area contributed by atoms with Gasteiger partial charge in [0.1, 0.15) is 23.9 Å². The molecule has 2 amide bonds. The summed E-state index contributed by atoms with van der Waals surface area (Å²) in [4.78, 5) is 18.9. The number of likely N-dealkylation sites (tertiary alicyclic amines) is 1. The molecule has 0 bridgehead atoms. The van der Waals surface area contributed by atoms with Gasteiger partial charge in [-0.2, -0.15) is 10.2 Å². The molecule has 4 heterocycles. The van der Waals surface area contributed by atoms with Crippen molar-refractivity contribution >= 4 is 11.8 Å². The first-order valence-electron chi connectivity index (χ1n) is 8.21. The van der Waals surface area contributed by atoms with Gasteiger partial charge in [-0.05, 0) is 31.9 Å². The molecule has 1 aliphatic rings. The highest BCUT2D eigenvalue weighted by atomic mass is 16.3. The first kappa shape index (κ1) is 15.4. The van der Waals surface area contributed by atoms with Gasteiger partial charge in [-0.3, -0.25) is 10.4 Å². The lowest BCUT2D eigenvalue weighted by Crippen LogP contribution is -2.35. The van der Waals surface area contributed by atoms with Gasteiger partial charge < -0.3 is 9.32 Å². The monoisotopic (exact) mass is 341 g/mol. The lowest BCUT2D eigenvalue weighted by atomic mass is 10.2. The largest absolute Gasteiger partial charge is 0.467 e. The highest BCUT2D eigenvalue weighted by Gasteiger charge is 2.33. The Bertz CT molecular complexity index is 852. The summed E-state index contributed by atoms with van der Waals surface area (Å²) in [7, 11) is 0. The Morgan fingerprint density at radius 2 is 2.40 bits per heavy atom. The number of aryl methyl sites for hydroxylation is 1. The summed E-state index contributed by atoms with van der Waals surface area (Å²) in [6, 6.07) is 5.18. The molecule has 1 atom stereocenters. The Morgan fingerprint density at radius 3 is 3.16 bits per heavy atom. The Hall–Kier alpha value is -3.10. The molecule has 0 unspecified atom stereocenters. The minimum absolute atomic E-state index is 0.105. The van der Waals surface area contributed by atoms with Crippen LogP contribution in [0.3, 0.4) is 0 Å². The van der Waals surface area contributed by atoms with Crippen LogP contribution in [0.15, 0.2) is 35.1 Å². The second-order valence-corrected chi connectivity index (χ2v) is 6.01. The molecule has 0 aromatic carbocycles. The number of furan rings is 1. The third kappa shape index (κ3) is 3.12. The maximum Gasteiger partial charge on any atom is 0.323 e. The van der Waals surface area contributed by atoms with Crippen molar-refractivity contribution in [1.82, 2.24) is 29.9 Å². The zero-order chi connectivity index (χ0) is 17.2. The van der Waals surface area contributed by atoms with Crippen LogP contribution in [0.4, 0.5) is 10.6 Å². The molecule has 9 nitrogen and oxygen atoms in total. The van der Waals surface area contributed by atoms with Crippen LogP contribution in [-0.4, -0.2) is 42.4 Å². The number of urea groups is 1. The summed E-state index contributed by atoms with van der Waals surface area (Å²) in [6.45, 7) is 2.98. The summed E-state index contributed by atoms with van der Waals surface area (Å²) in [5.74, 6) is 2.81. The molecule has 3 aromatic rings. The Kier molecular flexibility index (Phi) is 3.96. The van der Waals surface area contributed by atoms with E-state index in [2.05, 4.69) is 25.6 Å². The smallest absolute Gasteiger partial charge is 0.323 e. The maximum absolute atomic E-state index is 12.7. The van der Waals surface area contributed by atoms with Gasteiger partial charge in [-0.25, -0.2) is 14.5 Å². The first-order chi connectivity index (χ1) is 12.2. The number of carbonyl (C=O) groups excluding carboxylic acids is 1. The number of aromatic nitrogens is 5. The van der Waals surface area contributed by atoms with E-state index in [1.807, 2.05) is 19.1 Å². The van der Waals surface area contributed by atoms with Gasteiger partial charge in [0.05, 0.1) is 18.5 Å². The maximum atomic E-state index is 12.7. The lowest BCUT2D eigenvalue weighted by Gasteiger charge is -2.23. The van der Waals surface area contributed by atoms with E-state index < -0.39 is 0 Å². The van der Waals surface area contributed by atoms with Gasteiger partial charge in [0.2, 0.25) is 0 Å². The molecule has 9 heteroatoms. The van der Waals surface area contributed by atoms with Crippen LogP contribution in [0.5, 0.6) is 0 Å². The minimum atomic E-state index is -0.175. The van der Waals surface area contributed by atoms with Crippen molar-refractivity contribution in [3.63, 3.8) is 0 Å². The number of anilines is 1. The highest BCUT2D eigenvalue weighted by Crippen LogP contribution is 2.30. The van der Waals surface area contributed by atoms with Gasteiger partial charge in [0.25, 0.3) is 0 Å². The fourth-order valence-corrected chi connectivity index (χ4v) is 3.08. The summed E-state index contributed by atoms with van der Waals surface area (Å²) in [6.07, 6.45) is 5.05. The van der Waals surface area contributed by atoms with E-state index in [1.54, 1.807) is 28.1 Å². The molecule has 4 rings (SSSR count). The second kappa shape index (κ2) is 6.42. The zero-order valence-electron chi connectivity index (χ0n) is 13.8. The lowest BCUT2D eigenvalue weighted by molar-refractivity contribution is 0.205. The van der Waals surface area contributed by atoms with Crippen molar-refractivity contribution in [2.75, 3.05) is 11.9 Å². The third-order valence-electron chi connectivity index (χ3n) is 4.26. The van der Waals surface area contributed by atoms with Crippen molar-refractivity contribution in [3.8, 4) is 0 Å². The van der Waals surface area contributed by atoms with Crippen LogP contribution in [0.25, 0.3) is 0 Å². The molecule has 1 saturated heterocycles. The number of nitrogens with one attached hydrogen (secondary N) is 2. The first-order valence-corrected chi connectivity index (χ1v) is 8.21. The minimum Gasteiger partial charge on any atom is -0.467 e. The SMILES string of the molecule is Cc1nc([C@H]2CCCN2C(=O)Nc2ccnn2Cc2ccco2)n[nH]1. The van der Waals surface area contributed by atoms with Crippen molar-refractivity contribution in [2.45, 2.75) is 32.4 Å². The van der Waals surface area contributed by atoms with Gasteiger partial charge in [0, 0.05) is 12.6 Å². The van der Waals surface area contributed by atoms with Crippen LogP contribution in [0, 0.1) is 6.92 Å². The fraction of sp³-hybridized carbons (Fsp3) is 0.375.